The minimum atomic E-state index is -0.258. The van der Waals surface area contributed by atoms with Crippen LogP contribution in [0.1, 0.15) is 89.9 Å². The summed E-state index contributed by atoms with van der Waals surface area (Å²) in [6.07, 6.45) is 16.2. The van der Waals surface area contributed by atoms with Gasteiger partial charge < -0.3 is 0 Å². The fourth-order valence-corrected chi connectivity index (χ4v) is 7.39. The summed E-state index contributed by atoms with van der Waals surface area (Å²) < 4.78 is 15.8. The largest absolute Gasteiger partial charge is 0.277 e. The lowest BCUT2D eigenvalue weighted by atomic mass is 9.64. The van der Waals surface area contributed by atoms with Crippen LogP contribution < -0.4 is 4.90 Å². The van der Waals surface area contributed by atoms with E-state index in [2.05, 4.69) is 9.58 Å². The summed E-state index contributed by atoms with van der Waals surface area (Å²) in [5, 5.41) is 5.09. The molecule has 2 aromatic rings. The van der Waals surface area contributed by atoms with Crippen LogP contribution in [0, 0.1) is 17.7 Å². The number of amides is 1. The Morgan fingerprint density at radius 3 is 2.30 bits per heavy atom. The second-order valence-electron chi connectivity index (χ2n) is 10.8. The van der Waals surface area contributed by atoms with Gasteiger partial charge in [-0.1, -0.05) is 51.4 Å². The van der Waals surface area contributed by atoms with Crippen molar-refractivity contribution in [3.63, 3.8) is 0 Å². The Hall–Kier alpha value is -2.24. The smallest absolute Gasteiger partial charge is 0.232 e. The average molecular weight is 451 g/mol. The Balaban J connectivity index is 1.49. The van der Waals surface area contributed by atoms with Crippen LogP contribution in [0.15, 0.2) is 24.3 Å². The highest BCUT2D eigenvalue weighted by atomic mass is 19.1. The third-order valence-electron chi connectivity index (χ3n) is 8.99. The summed E-state index contributed by atoms with van der Waals surface area (Å²) in [5.41, 5.74) is 0.783. The fraction of sp³-hybridized carbons (Fsp3) is 0.667. The van der Waals surface area contributed by atoms with Crippen LogP contribution in [0.2, 0.25) is 0 Å². The van der Waals surface area contributed by atoms with Crippen molar-refractivity contribution >= 4 is 11.9 Å². The van der Waals surface area contributed by atoms with Gasteiger partial charge in [-0.25, -0.2) is 9.07 Å². The van der Waals surface area contributed by atoms with Crippen molar-refractivity contribution in [1.29, 1.82) is 0 Å². The molecule has 176 valence electrons. The number of carbonyl (C=O) groups excluding carboxylic acids is 1. The highest BCUT2D eigenvalue weighted by molar-refractivity contribution is 5.95. The third kappa shape index (κ3) is 3.52. The third-order valence-corrected chi connectivity index (χ3v) is 8.99. The molecule has 5 nitrogen and oxygen atoms in total. The van der Waals surface area contributed by atoms with E-state index in [1.807, 2.05) is 0 Å². The molecule has 0 bridgehead atoms. The van der Waals surface area contributed by atoms with Gasteiger partial charge in [0, 0.05) is 23.4 Å². The van der Waals surface area contributed by atoms with E-state index in [-0.39, 0.29) is 29.2 Å². The van der Waals surface area contributed by atoms with E-state index >= 15 is 0 Å². The highest BCUT2D eigenvalue weighted by Crippen LogP contribution is 2.53. The number of aromatic nitrogens is 3. The van der Waals surface area contributed by atoms with E-state index in [9.17, 15) is 9.18 Å². The Bertz CT molecular complexity index is 1000. The number of halogens is 1. The summed E-state index contributed by atoms with van der Waals surface area (Å²) in [6, 6.07) is 6.69. The zero-order valence-corrected chi connectivity index (χ0v) is 19.5. The zero-order valence-electron chi connectivity index (χ0n) is 19.5. The van der Waals surface area contributed by atoms with Crippen LogP contribution in [0.3, 0.4) is 0 Å². The minimum Gasteiger partial charge on any atom is -0.277 e. The second kappa shape index (κ2) is 8.52. The molecule has 0 N–H and O–H groups in total. The molecule has 1 amide bonds. The number of nitrogens with zero attached hydrogens (tertiary/aromatic N) is 4. The number of fused-ring (bicyclic) bond motifs is 4. The number of hydrogen-bond acceptors (Lipinski definition) is 3. The normalized spacial score (nSPS) is 27.2. The topological polar surface area (TPSA) is 51.0 Å². The SMILES string of the molecule is O=C(C1CCCCC1)N1c2nc(-c3ccc(F)cc3)nn2C2(CCCCC2)C2CCCCC21. The van der Waals surface area contributed by atoms with E-state index in [1.165, 1.54) is 57.1 Å². The first-order chi connectivity index (χ1) is 16.2. The molecule has 3 saturated carbocycles. The molecule has 2 heterocycles. The Kier molecular flexibility index (Phi) is 5.50. The monoisotopic (exact) mass is 450 g/mol. The van der Waals surface area contributed by atoms with Crippen molar-refractivity contribution in [2.24, 2.45) is 11.8 Å². The van der Waals surface area contributed by atoms with Crippen molar-refractivity contribution in [3.05, 3.63) is 30.1 Å². The van der Waals surface area contributed by atoms with Gasteiger partial charge in [-0.3, -0.25) is 9.69 Å². The molecule has 0 radical (unpaired) electrons. The van der Waals surface area contributed by atoms with E-state index in [0.717, 1.165) is 56.5 Å². The Morgan fingerprint density at radius 2 is 1.55 bits per heavy atom. The number of benzene rings is 1. The van der Waals surface area contributed by atoms with E-state index in [4.69, 9.17) is 10.1 Å². The van der Waals surface area contributed by atoms with Crippen LogP contribution in [0.25, 0.3) is 11.4 Å². The number of hydrogen-bond donors (Lipinski definition) is 0. The maximum Gasteiger partial charge on any atom is 0.232 e. The van der Waals surface area contributed by atoms with Crippen molar-refractivity contribution in [3.8, 4) is 11.4 Å². The number of rotatable bonds is 2. The molecule has 6 heteroatoms. The minimum absolute atomic E-state index is 0.0344. The molecular weight excluding hydrogens is 415 g/mol. The predicted molar refractivity (Wildman–Crippen MR) is 126 cm³/mol. The molecule has 3 fully saturated rings. The lowest BCUT2D eigenvalue weighted by Crippen LogP contribution is -2.62. The number of carbonyl (C=O) groups is 1. The fourth-order valence-electron chi connectivity index (χ4n) is 7.39. The molecular formula is C27H35FN4O. The Morgan fingerprint density at radius 1 is 0.879 bits per heavy atom. The molecule has 6 rings (SSSR count). The van der Waals surface area contributed by atoms with Crippen molar-refractivity contribution < 1.29 is 9.18 Å². The van der Waals surface area contributed by atoms with E-state index in [1.54, 1.807) is 12.1 Å². The summed E-state index contributed by atoms with van der Waals surface area (Å²) >= 11 is 0. The van der Waals surface area contributed by atoms with Gasteiger partial charge in [-0.2, -0.15) is 4.98 Å². The average Bonchev–Trinajstić information content (AvgIpc) is 3.32. The van der Waals surface area contributed by atoms with Crippen molar-refractivity contribution in [2.45, 2.75) is 101 Å². The molecule has 1 aromatic heterocycles. The molecule has 2 atom stereocenters. The lowest BCUT2D eigenvalue weighted by molar-refractivity contribution is -0.125. The van der Waals surface area contributed by atoms with Gasteiger partial charge in [0.05, 0.1) is 5.54 Å². The summed E-state index contributed by atoms with van der Waals surface area (Å²) in [6.45, 7) is 0. The van der Waals surface area contributed by atoms with Crippen LogP contribution >= 0.6 is 0 Å². The van der Waals surface area contributed by atoms with Gasteiger partial charge in [0.2, 0.25) is 11.9 Å². The first kappa shape index (κ1) is 21.3. The lowest BCUT2D eigenvalue weighted by Gasteiger charge is -2.55. The predicted octanol–water partition coefficient (Wildman–Crippen LogP) is 6.23. The first-order valence-corrected chi connectivity index (χ1v) is 13.2. The van der Waals surface area contributed by atoms with Gasteiger partial charge in [0.15, 0.2) is 5.82 Å². The summed E-state index contributed by atoms with van der Waals surface area (Å²) in [4.78, 5) is 21.1. The molecule has 3 aliphatic carbocycles. The maximum atomic E-state index is 14.0. The van der Waals surface area contributed by atoms with E-state index in [0.29, 0.717) is 11.7 Å². The van der Waals surface area contributed by atoms with Crippen molar-refractivity contribution in [1.82, 2.24) is 14.8 Å². The summed E-state index contributed by atoms with van der Waals surface area (Å²) in [5.74, 6) is 1.96. The van der Waals surface area contributed by atoms with Gasteiger partial charge >= 0.3 is 0 Å². The van der Waals surface area contributed by atoms with Crippen LogP contribution in [0.5, 0.6) is 0 Å². The molecule has 1 aliphatic heterocycles. The maximum absolute atomic E-state index is 14.0. The van der Waals surface area contributed by atoms with Gasteiger partial charge in [0.1, 0.15) is 5.82 Å². The molecule has 33 heavy (non-hydrogen) atoms. The molecule has 0 saturated heterocycles. The Labute approximate surface area is 195 Å². The van der Waals surface area contributed by atoms with E-state index < -0.39 is 0 Å². The van der Waals surface area contributed by atoms with Gasteiger partial charge in [-0.15, -0.1) is 5.10 Å². The second-order valence-corrected chi connectivity index (χ2v) is 10.8. The van der Waals surface area contributed by atoms with Crippen LogP contribution in [-0.4, -0.2) is 26.7 Å². The highest BCUT2D eigenvalue weighted by Gasteiger charge is 2.55. The molecule has 4 aliphatic rings. The summed E-state index contributed by atoms with van der Waals surface area (Å²) in [7, 11) is 0. The first-order valence-electron chi connectivity index (χ1n) is 13.2. The molecule has 1 spiro atoms. The standard InChI is InChI=1S/C27H35FN4O/c28-21-15-13-19(14-16-21)24-29-26-31(25(33)20-9-3-1-4-10-20)23-12-6-5-11-22(23)27(32(26)30-24)17-7-2-8-18-27/h13-16,20,22-23H,1-12,17-18H2. The molecule has 1 aromatic carbocycles. The zero-order chi connectivity index (χ0) is 22.4. The molecule has 2 unspecified atom stereocenters. The van der Waals surface area contributed by atoms with Crippen LogP contribution in [0.4, 0.5) is 10.3 Å². The quantitative estimate of drug-likeness (QED) is 0.545. The number of anilines is 1. The van der Waals surface area contributed by atoms with Crippen molar-refractivity contribution in [2.75, 3.05) is 4.90 Å². The van der Waals surface area contributed by atoms with Gasteiger partial charge in [0.25, 0.3) is 0 Å². The van der Waals surface area contributed by atoms with Crippen LogP contribution in [-0.2, 0) is 10.3 Å². The van der Waals surface area contributed by atoms with Gasteiger partial charge in [-0.05, 0) is 62.8 Å².